The second kappa shape index (κ2) is 3.54. The van der Waals surface area contributed by atoms with Crippen LogP contribution in [0.15, 0.2) is 0 Å². The van der Waals surface area contributed by atoms with Crippen molar-refractivity contribution < 1.29 is 4.55 Å². The molecule has 70 valence electrons. The first-order valence-corrected chi connectivity index (χ1v) is 5.90. The van der Waals surface area contributed by atoms with Crippen LogP contribution in [0.4, 0.5) is 0 Å². The van der Waals surface area contributed by atoms with E-state index >= 15 is 0 Å². The zero-order valence-electron chi connectivity index (χ0n) is 7.24. The molecule has 4 heteroatoms. The van der Waals surface area contributed by atoms with Crippen molar-refractivity contribution >= 4 is 11.4 Å². The summed E-state index contributed by atoms with van der Waals surface area (Å²) in [6, 6.07) is 0. The number of hydrogen-bond donors (Lipinski definition) is 1. The van der Waals surface area contributed by atoms with Gasteiger partial charge in [-0.25, -0.2) is 0 Å². The van der Waals surface area contributed by atoms with E-state index in [1.165, 1.54) is 25.8 Å². The summed E-state index contributed by atoms with van der Waals surface area (Å²) in [5.41, 5.74) is 0. The van der Waals surface area contributed by atoms with E-state index in [0.29, 0.717) is 0 Å². The molecule has 1 unspecified atom stereocenters. The molecule has 0 amide bonds. The Labute approximate surface area is 76.6 Å². The molecule has 2 fully saturated rings. The second-order valence-electron chi connectivity index (χ2n) is 3.97. The van der Waals surface area contributed by atoms with Gasteiger partial charge in [0.25, 0.3) is 0 Å². The molecule has 3 nitrogen and oxygen atoms in total. The Hall–Kier alpha value is 0.230. The van der Waals surface area contributed by atoms with E-state index in [2.05, 4.69) is 4.90 Å². The van der Waals surface area contributed by atoms with Crippen LogP contribution in [0.3, 0.4) is 0 Å². The second-order valence-corrected chi connectivity index (χ2v) is 5.29. The average molecular weight is 188 g/mol. The SMILES string of the molecule is N[S+]([O-])C1CN(CC2CCC2)C1. The Morgan fingerprint density at radius 1 is 1.42 bits per heavy atom. The molecule has 0 aromatic heterocycles. The first-order valence-electron chi connectivity index (χ1n) is 4.63. The molecule has 0 radical (unpaired) electrons. The van der Waals surface area contributed by atoms with Gasteiger partial charge in [0.05, 0.1) is 0 Å². The van der Waals surface area contributed by atoms with E-state index in [4.69, 9.17) is 5.14 Å². The highest BCUT2D eigenvalue weighted by Gasteiger charge is 2.36. The summed E-state index contributed by atoms with van der Waals surface area (Å²) in [6.45, 7) is 3.13. The highest BCUT2D eigenvalue weighted by atomic mass is 32.2. The van der Waals surface area contributed by atoms with E-state index in [1.807, 2.05) is 0 Å². The molecule has 1 heterocycles. The van der Waals surface area contributed by atoms with Gasteiger partial charge < -0.3 is 4.55 Å². The molecule has 1 saturated carbocycles. The summed E-state index contributed by atoms with van der Waals surface area (Å²) in [4.78, 5) is 2.37. The Morgan fingerprint density at radius 3 is 2.50 bits per heavy atom. The van der Waals surface area contributed by atoms with Crippen LogP contribution in [0.2, 0.25) is 0 Å². The Morgan fingerprint density at radius 2 is 2.08 bits per heavy atom. The standard InChI is InChI=1S/C8H16N2OS/c9-12(11)8-5-10(6-8)4-7-2-1-3-7/h7-8H,1-6,9H2. The van der Waals surface area contributed by atoms with Gasteiger partial charge in [-0.2, -0.15) is 5.14 Å². The fraction of sp³-hybridized carbons (Fsp3) is 1.00. The van der Waals surface area contributed by atoms with E-state index in [1.54, 1.807) is 0 Å². The van der Waals surface area contributed by atoms with E-state index < -0.39 is 11.4 Å². The molecule has 0 bridgehead atoms. The van der Waals surface area contributed by atoms with Crippen molar-refractivity contribution in [1.82, 2.24) is 4.90 Å². The Bertz CT molecular complexity index is 155. The van der Waals surface area contributed by atoms with Gasteiger partial charge in [-0.1, -0.05) is 6.42 Å². The van der Waals surface area contributed by atoms with E-state index in [9.17, 15) is 4.55 Å². The molecule has 0 aromatic carbocycles. The smallest absolute Gasteiger partial charge is 0.160 e. The molecule has 1 atom stereocenters. The normalized spacial score (nSPS) is 29.5. The summed E-state index contributed by atoms with van der Waals surface area (Å²) < 4.78 is 10.8. The molecule has 2 aliphatic rings. The number of rotatable bonds is 3. The van der Waals surface area contributed by atoms with E-state index in [-0.39, 0.29) is 5.25 Å². The lowest BCUT2D eigenvalue weighted by Crippen LogP contribution is -2.57. The fourth-order valence-corrected chi connectivity index (χ4v) is 2.57. The van der Waals surface area contributed by atoms with Crippen LogP contribution in [-0.2, 0) is 11.4 Å². The van der Waals surface area contributed by atoms with Gasteiger partial charge >= 0.3 is 0 Å². The van der Waals surface area contributed by atoms with Crippen molar-refractivity contribution in [3.63, 3.8) is 0 Å². The quantitative estimate of drug-likeness (QED) is 0.639. The van der Waals surface area contributed by atoms with Crippen molar-refractivity contribution in [3.8, 4) is 0 Å². The molecule has 2 N–H and O–H groups in total. The van der Waals surface area contributed by atoms with Crippen molar-refractivity contribution in [1.29, 1.82) is 0 Å². The molecule has 0 aromatic rings. The van der Waals surface area contributed by atoms with Gasteiger partial charge in [0.15, 0.2) is 5.25 Å². The Kier molecular flexibility index (Phi) is 2.60. The zero-order valence-corrected chi connectivity index (χ0v) is 8.05. The lowest BCUT2D eigenvalue weighted by Gasteiger charge is -2.41. The lowest BCUT2D eigenvalue weighted by molar-refractivity contribution is 0.123. The monoisotopic (exact) mass is 188 g/mol. The molecule has 1 aliphatic carbocycles. The third-order valence-electron chi connectivity index (χ3n) is 2.99. The molecule has 0 spiro atoms. The van der Waals surface area contributed by atoms with Gasteiger partial charge in [-0.3, -0.25) is 4.90 Å². The Balaban J connectivity index is 1.61. The summed E-state index contributed by atoms with van der Waals surface area (Å²) in [5, 5.41) is 5.54. The number of hydrogen-bond acceptors (Lipinski definition) is 3. The predicted octanol–water partition coefficient (Wildman–Crippen LogP) is 0.0931. The maximum absolute atomic E-state index is 10.8. The lowest BCUT2D eigenvalue weighted by atomic mass is 9.84. The van der Waals surface area contributed by atoms with Crippen molar-refractivity contribution in [2.75, 3.05) is 19.6 Å². The average Bonchev–Trinajstić information content (AvgIpc) is 1.79. The summed E-state index contributed by atoms with van der Waals surface area (Å²) >= 11 is -1.08. The molecule has 12 heavy (non-hydrogen) atoms. The van der Waals surface area contributed by atoms with Gasteiger partial charge in [-0.05, 0) is 18.8 Å². The summed E-state index contributed by atoms with van der Waals surface area (Å²) in [6.07, 6.45) is 4.20. The minimum atomic E-state index is -1.08. The molecule has 1 aliphatic heterocycles. The highest BCUT2D eigenvalue weighted by Crippen LogP contribution is 2.29. The van der Waals surface area contributed by atoms with Crippen molar-refractivity contribution in [2.45, 2.75) is 24.5 Å². The molecule has 2 rings (SSSR count). The molecular formula is C8H16N2OS. The summed E-state index contributed by atoms with van der Waals surface area (Å²) in [7, 11) is 0. The zero-order chi connectivity index (χ0) is 8.55. The highest BCUT2D eigenvalue weighted by molar-refractivity contribution is 7.89. The van der Waals surface area contributed by atoms with Gasteiger partial charge in [0, 0.05) is 31.0 Å². The summed E-state index contributed by atoms with van der Waals surface area (Å²) in [5.74, 6) is 0.928. The van der Waals surface area contributed by atoms with Crippen LogP contribution in [0.5, 0.6) is 0 Å². The van der Waals surface area contributed by atoms with Crippen LogP contribution >= 0.6 is 0 Å². The minimum absolute atomic E-state index is 0.255. The number of nitrogens with two attached hydrogens (primary N) is 1. The van der Waals surface area contributed by atoms with Crippen molar-refractivity contribution in [2.24, 2.45) is 11.1 Å². The van der Waals surface area contributed by atoms with Crippen LogP contribution in [0.1, 0.15) is 19.3 Å². The topological polar surface area (TPSA) is 52.3 Å². The maximum atomic E-state index is 10.8. The van der Waals surface area contributed by atoms with Gasteiger partial charge in [0.1, 0.15) is 0 Å². The largest absolute Gasteiger partial charge is 0.598 e. The third-order valence-corrected chi connectivity index (χ3v) is 3.95. The molecule has 1 saturated heterocycles. The van der Waals surface area contributed by atoms with Crippen molar-refractivity contribution in [3.05, 3.63) is 0 Å². The number of likely N-dealkylation sites (tertiary alicyclic amines) is 1. The maximum Gasteiger partial charge on any atom is 0.160 e. The van der Waals surface area contributed by atoms with Crippen LogP contribution in [0.25, 0.3) is 0 Å². The molecular weight excluding hydrogens is 172 g/mol. The number of nitrogens with zero attached hydrogens (tertiary/aromatic N) is 1. The first kappa shape index (κ1) is 8.81. The van der Waals surface area contributed by atoms with Gasteiger partial charge in [-0.15, -0.1) is 0 Å². The fourth-order valence-electron chi connectivity index (χ4n) is 1.86. The van der Waals surface area contributed by atoms with Gasteiger partial charge in [0.2, 0.25) is 0 Å². The van der Waals surface area contributed by atoms with Crippen LogP contribution < -0.4 is 5.14 Å². The minimum Gasteiger partial charge on any atom is -0.598 e. The van der Waals surface area contributed by atoms with E-state index in [0.717, 1.165) is 19.0 Å². The predicted molar refractivity (Wildman–Crippen MR) is 49.9 cm³/mol. The first-order chi connectivity index (χ1) is 5.75. The third kappa shape index (κ3) is 1.76. The van der Waals surface area contributed by atoms with Crippen LogP contribution in [0, 0.1) is 5.92 Å². The van der Waals surface area contributed by atoms with Crippen LogP contribution in [-0.4, -0.2) is 34.3 Å².